The average Bonchev–Trinajstić information content (AvgIpc) is 3.09. The Hall–Kier alpha value is -1.08. The van der Waals surface area contributed by atoms with E-state index in [0.717, 1.165) is 5.56 Å². The second-order valence-corrected chi connectivity index (χ2v) is 7.18. The highest BCUT2D eigenvalue weighted by Crippen LogP contribution is 2.59. The van der Waals surface area contributed by atoms with Crippen LogP contribution in [0.15, 0.2) is 16.8 Å². The van der Waals surface area contributed by atoms with Gasteiger partial charge >= 0.3 is 6.18 Å². The predicted octanol–water partition coefficient (Wildman–Crippen LogP) is 3.29. The van der Waals surface area contributed by atoms with Crippen molar-refractivity contribution < 1.29 is 18.0 Å². The summed E-state index contributed by atoms with van der Waals surface area (Å²) in [6, 6.07) is 1.74. The zero-order valence-electron chi connectivity index (χ0n) is 12.6. The van der Waals surface area contributed by atoms with E-state index < -0.39 is 17.5 Å². The molecule has 0 N–H and O–H groups in total. The van der Waals surface area contributed by atoms with Gasteiger partial charge in [-0.2, -0.15) is 24.5 Å². The van der Waals surface area contributed by atoms with E-state index >= 15 is 0 Å². The van der Waals surface area contributed by atoms with Crippen molar-refractivity contribution in [3.05, 3.63) is 22.4 Å². The zero-order valence-corrected chi connectivity index (χ0v) is 13.4. The van der Waals surface area contributed by atoms with Crippen molar-refractivity contribution in [2.45, 2.75) is 38.0 Å². The molecule has 0 unspecified atom stereocenters. The van der Waals surface area contributed by atoms with E-state index in [1.807, 2.05) is 30.8 Å². The number of piperazine rings is 1. The number of hydrogen-bond donors (Lipinski definition) is 0. The van der Waals surface area contributed by atoms with E-state index in [1.165, 1.54) is 4.90 Å². The molecule has 1 amide bonds. The summed E-state index contributed by atoms with van der Waals surface area (Å²) in [6.45, 7) is 2.73. The minimum Gasteiger partial charge on any atom is -0.336 e. The van der Waals surface area contributed by atoms with Crippen LogP contribution in [0, 0.1) is 5.41 Å². The van der Waals surface area contributed by atoms with E-state index in [4.69, 9.17) is 0 Å². The Labute approximate surface area is 131 Å². The Kier molecular flexibility index (Phi) is 3.76. The van der Waals surface area contributed by atoms with Crippen LogP contribution in [0.1, 0.15) is 31.4 Å². The largest absolute Gasteiger partial charge is 0.403 e. The maximum Gasteiger partial charge on any atom is 0.403 e. The average molecular weight is 332 g/mol. The van der Waals surface area contributed by atoms with Gasteiger partial charge in [-0.3, -0.25) is 9.69 Å². The lowest BCUT2D eigenvalue weighted by atomic mass is 9.98. The van der Waals surface area contributed by atoms with E-state index in [9.17, 15) is 18.0 Å². The van der Waals surface area contributed by atoms with Crippen LogP contribution in [-0.4, -0.2) is 48.1 Å². The fourth-order valence-corrected chi connectivity index (χ4v) is 3.98. The maximum atomic E-state index is 13.2. The lowest BCUT2D eigenvalue weighted by molar-refractivity contribution is -0.201. The number of hydrogen-bond acceptors (Lipinski definition) is 3. The lowest BCUT2D eigenvalue weighted by Gasteiger charge is -2.45. The number of nitrogens with zero attached hydrogens (tertiary/aromatic N) is 2. The van der Waals surface area contributed by atoms with Crippen LogP contribution in [0.2, 0.25) is 0 Å². The van der Waals surface area contributed by atoms with Crippen molar-refractivity contribution in [3.8, 4) is 0 Å². The monoisotopic (exact) mass is 332 g/mol. The number of carbonyl (C=O) groups excluding carboxylic acids is 1. The van der Waals surface area contributed by atoms with Gasteiger partial charge in [-0.05, 0) is 49.2 Å². The lowest BCUT2D eigenvalue weighted by Crippen LogP contribution is -2.57. The quantitative estimate of drug-likeness (QED) is 0.830. The number of rotatable bonds is 2. The van der Waals surface area contributed by atoms with Crippen LogP contribution in [-0.2, 0) is 4.79 Å². The van der Waals surface area contributed by atoms with Crippen molar-refractivity contribution in [1.29, 1.82) is 0 Å². The molecule has 22 heavy (non-hydrogen) atoms. The summed E-state index contributed by atoms with van der Waals surface area (Å²) >= 11 is 1.56. The van der Waals surface area contributed by atoms with Gasteiger partial charge < -0.3 is 4.90 Å². The Morgan fingerprint density at radius 2 is 2.05 bits per heavy atom. The van der Waals surface area contributed by atoms with E-state index in [1.54, 1.807) is 11.3 Å². The molecule has 3 rings (SSSR count). The van der Waals surface area contributed by atoms with Crippen molar-refractivity contribution in [3.63, 3.8) is 0 Å². The van der Waals surface area contributed by atoms with Crippen molar-refractivity contribution >= 4 is 17.2 Å². The number of alkyl halides is 3. The molecule has 3 nitrogen and oxygen atoms in total. The Morgan fingerprint density at radius 1 is 1.36 bits per heavy atom. The molecule has 0 aromatic carbocycles. The molecule has 122 valence electrons. The molecule has 0 spiro atoms. The number of halogens is 3. The second-order valence-electron chi connectivity index (χ2n) is 6.40. The zero-order chi connectivity index (χ0) is 16.1. The molecule has 1 aromatic rings. The van der Waals surface area contributed by atoms with Crippen LogP contribution >= 0.6 is 11.3 Å². The molecule has 2 aliphatic rings. The van der Waals surface area contributed by atoms with Gasteiger partial charge in [0.25, 0.3) is 0 Å². The summed E-state index contributed by atoms with van der Waals surface area (Å²) in [7, 11) is 1.96. The van der Waals surface area contributed by atoms with E-state index in [0.29, 0.717) is 13.1 Å². The first kappa shape index (κ1) is 15.8. The SMILES string of the molecule is C[C@@H]1CN(C)[C@@H](c2ccsc2)CN1C(=O)C1(C(F)(F)F)CC1. The Bertz CT molecular complexity index is 554. The topological polar surface area (TPSA) is 23.6 Å². The third-order valence-corrected chi connectivity index (χ3v) is 5.58. The number of likely N-dealkylation sites (N-methyl/N-ethyl adjacent to an activating group) is 1. The van der Waals surface area contributed by atoms with Crippen molar-refractivity contribution in [1.82, 2.24) is 9.80 Å². The highest BCUT2D eigenvalue weighted by Gasteiger charge is 2.69. The van der Waals surface area contributed by atoms with E-state index in [2.05, 4.69) is 4.90 Å². The molecule has 1 aliphatic carbocycles. The normalized spacial score (nSPS) is 28.7. The summed E-state index contributed by atoms with van der Waals surface area (Å²) < 4.78 is 39.7. The van der Waals surface area contributed by atoms with Crippen LogP contribution in [0.3, 0.4) is 0 Å². The Morgan fingerprint density at radius 3 is 2.55 bits per heavy atom. The molecule has 1 aliphatic heterocycles. The van der Waals surface area contributed by atoms with Gasteiger partial charge in [0.15, 0.2) is 0 Å². The Balaban J connectivity index is 1.83. The minimum atomic E-state index is -4.44. The molecule has 0 radical (unpaired) electrons. The minimum absolute atomic E-state index is 0.0320. The third kappa shape index (κ3) is 2.44. The molecule has 2 fully saturated rings. The first-order valence-electron chi connectivity index (χ1n) is 7.36. The highest BCUT2D eigenvalue weighted by molar-refractivity contribution is 7.07. The summed E-state index contributed by atoms with van der Waals surface area (Å²) in [5.74, 6) is -0.735. The third-order valence-electron chi connectivity index (χ3n) is 4.88. The number of amides is 1. The first-order chi connectivity index (χ1) is 10.3. The number of thiophene rings is 1. The van der Waals surface area contributed by atoms with Crippen LogP contribution < -0.4 is 0 Å². The van der Waals surface area contributed by atoms with Crippen LogP contribution in [0.4, 0.5) is 13.2 Å². The fourth-order valence-electron chi connectivity index (χ4n) is 3.27. The van der Waals surface area contributed by atoms with Gasteiger partial charge in [0, 0.05) is 19.1 Å². The first-order valence-corrected chi connectivity index (χ1v) is 8.31. The van der Waals surface area contributed by atoms with Crippen molar-refractivity contribution in [2.24, 2.45) is 5.41 Å². The van der Waals surface area contributed by atoms with Gasteiger partial charge in [0.1, 0.15) is 5.41 Å². The molecule has 0 bridgehead atoms. The summed E-state index contributed by atoms with van der Waals surface area (Å²) in [5, 5.41) is 3.95. The standard InChI is InChI=1S/C15H19F3N2OS/c1-10-7-19(2)12(11-3-6-22-9-11)8-20(10)13(21)14(4-5-14)15(16,17)18/h3,6,9-10,12H,4-5,7-8H2,1-2H3/t10-,12-/m1/s1. The number of carbonyl (C=O) groups is 1. The summed E-state index contributed by atoms with van der Waals surface area (Å²) in [5.41, 5.74) is -1.05. The van der Waals surface area contributed by atoms with Crippen LogP contribution in [0.25, 0.3) is 0 Å². The van der Waals surface area contributed by atoms with Gasteiger partial charge in [0.2, 0.25) is 5.91 Å². The fraction of sp³-hybridized carbons (Fsp3) is 0.667. The van der Waals surface area contributed by atoms with Gasteiger partial charge in [-0.15, -0.1) is 0 Å². The smallest absolute Gasteiger partial charge is 0.336 e. The molecule has 1 saturated heterocycles. The van der Waals surface area contributed by atoms with Gasteiger partial charge in [0.05, 0.1) is 6.04 Å². The van der Waals surface area contributed by atoms with Gasteiger partial charge in [-0.1, -0.05) is 0 Å². The molecule has 7 heteroatoms. The maximum absolute atomic E-state index is 13.2. The molecule has 2 heterocycles. The summed E-state index contributed by atoms with van der Waals surface area (Å²) in [4.78, 5) is 16.1. The highest BCUT2D eigenvalue weighted by atomic mass is 32.1. The molecule has 1 saturated carbocycles. The molecular formula is C15H19F3N2OS. The molecule has 2 atom stereocenters. The predicted molar refractivity (Wildman–Crippen MR) is 78.6 cm³/mol. The van der Waals surface area contributed by atoms with Crippen LogP contribution in [0.5, 0.6) is 0 Å². The van der Waals surface area contributed by atoms with Gasteiger partial charge in [-0.25, -0.2) is 0 Å². The van der Waals surface area contributed by atoms with E-state index in [-0.39, 0.29) is 24.9 Å². The second kappa shape index (κ2) is 5.23. The van der Waals surface area contributed by atoms with Crippen molar-refractivity contribution in [2.75, 3.05) is 20.1 Å². The summed E-state index contributed by atoms with van der Waals surface area (Å²) in [6.07, 6.45) is -4.58. The molecular weight excluding hydrogens is 313 g/mol. The molecule has 1 aromatic heterocycles.